The van der Waals surface area contributed by atoms with E-state index in [1.807, 2.05) is 58.0 Å². The Bertz CT molecular complexity index is 834. The lowest BCUT2D eigenvalue weighted by atomic mass is 9.89. The van der Waals surface area contributed by atoms with Crippen LogP contribution < -0.4 is 14.8 Å². The van der Waals surface area contributed by atoms with E-state index < -0.39 is 6.10 Å². The molecule has 3 rings (SSSR count). The number of hydrogen-bond donors (Lipinski definition) is 1. The molecule has 2 aromatic carbocycles. The summed E-state index contributed by atoms with van der Waals surface area (Å²) in [6.45, 7) is 7.92. The molecule has 0 radical (unpaired) electrons. The third kappa shape index (κ3) is 4.56. The minimum absolute atomic E-state index is 0.109. The molecule has 1 heterocycles. The molecule has 0 fully saturated rings. The molecule has 0 aliphatic carbocycles. The summed E-state index contributed by atoms with van der Waals surface area (Å²) in [5.74, 6) is 1.34. The number of carbonyl (C=O) groups excluding carboxylic acids is 1. The van der Waals surface area contributed by atoms with E-state index in [9.17, 15) is 4.79 Å². The molecule has 0 bridgehead atoms. The normalized spacial score (nSPS) is 18.8. The molecule has 2 aromatic rings. The van der Waals surface area contributed by atoms with Crippen LogP contribution in [0.25, 0.3) is 0 Å². The van der Waals surface area contributed by atoms with Gasteiger partial charge in [0, 0.05) is 17.0 Å². The zero-order valence-corrected chi connectivity index (χ0v) is 17.0. The molecule has 27 heavy (non-hydrogen) atoms. The summed E-state index contributed by atoms with van der Waals surface area (Å²) in [5.41, 5.74) is 1.58. The highest BCUT2D eigenvalue weighted by molar-refractivity contribution is 6.31. The lowest BCUT2D eigenvalue weighted by Crippen LogP contribution is -2.45. The van der Waals surface area contributed by atoms with Crippen LogP contribution in [0.1, 0.15) is 50.8 Å². The van der Waals surface area contributed by atoms with Gasteiger partial charge in [0.05, 0.1) is 6.04 Å². The van der Waals surface area contributed by atoms with Crippen LogP contribution in [0.2, 0.25) is 5.02 Å². The SMILES string of the molecule is CC[C@H](Oc1ccc(Cl)c(C)c1)C(=O)N[C@H]1CC(C)(C)Oc2ccccc21. The minimum atomic E-state index is -0.566. The highest BCUT2D eigenvalue weighted by Gasteiger charge is 2.35. The number of benzene rings is 2. The van der Waals surface area contributed by atoms with Gasteiger partial charge in [0.25, 0.3) is 5.91 Å². The van der Waals surface area contributed by atoms with Gasteiger partial charge in [-0.2, -0.15) is 0 Å². The predicted octanol–water partition coefficient (Wildman–Crippen LogP) is 5.22. The van der Waals surface area contributed by atoms with Crippen LogP contribution in [0.3, 0.4) is 0 Å². The molecule has 4 nitrogen and oxygen atoms in total. The predicted molar refractivity (Wildman–Crippen MR) is 108 cm³/mol. The van der Waals surface area contributed by atoms with Gasteiger partial charge in [-0.25, -0.2) is 0 Å². The average molecular weight is 388 g/mol. The lowest BCUT2D eigenvalue weighted by Gasteiger charge is -2.38. The van der Waals surface area contributed by atoms with Gasteiger partial charge >= 0.3 is 0 Å². The quantitative estimate of drug-likeness (QED) is 0.764. The monoisotopic (exact) mass is 387 g/mol. The molecule has 0 aromatic heterocycles. The fraction of sp³-hybridized carbons (Fsp3) is 0.409. The Morgan fingerprint density at radius 1 is 1.33 bits per heavy atom. The number of halogens is 1. The van der Waals surface area contributed by atoms with Crippen molar-refractivity contribution >= 4 is 17.5 Å². The molecule has 0 saturated heterocycles. The Morgan fingerprint density at radius 2 is 2.07 bits per heavy atom. The number of para-hydroxylation sites is 1. The number of hydrogen-bond acceptors (Lipinski definition) is 3. The first-order valence-corrected chi connectivity index (χ1v) is 9.68. The zero-order valence-electron chi connectivity index (χ0n) is 16.2. The van der Waals surface area contributed by atoms with E-state index in [-0.39, 0.29) is 17.6 Å². The molecule has 0 saturated carbocycles. The Hall–Kier alpha value is -2.20. The zero-order chi connectivity index (χ0) is 19.6. The van der Waals surface area contributed by atoms with E-state index in [0.29, 0.717) is 23.6 Å². The van der Waals surface area contributed by atoms with Crippen molar-refractivity contribution in [1.82, 2.24) is 5.32 Å². The summed E-state index contributed by atoms with van der Waals surface area (Å²) >= 11 is 6.07. The maximum atomic E-state index is 12.9. The van der Waals surface area contributed by atoms with Crippen molar-refractivity contribution in [2.24, 2.45) is 0 Å². The fourth-order valence-electron chi connectivity index (χ4n) is 3.37. The molecule has 5 heteroatoms. The molecule has 0 spiro atoms. The van der Waals surface area contributed by atoms with E-state index >= 15 is 0 Å². The highest BCUT2D eigenvalue weighted by Crippen LogP contribution is 2.39. The van der Waals surface area contributed by atoms with Crippen molar-refractivity contribution in [3.05, 3.63) is 58.6 Å². The summed E-state index contributed by atoms with van der Waals surface area (Å²) in [4.78, 5) is 12.9. The molecule has 0 unspecified atom stereocenters. The Morgan fingerprint density at radius 3 is 2.78 bits per heavy atom. The topological polar surface area (TPSA) is 47.6 Å². The van der Waals surface area contributed by atoms with E-state index in [1.54, 1.807) is 12.1 Å². The molecular weight excluding hydrogens is 362 g/mol. The van der Waals surface area contributed by atoms with Gasteiger partial charge in [-0.05, 0) is 57.0 Å². The first kappa shape index (κ1) is 19.6. The number of nitrogens with one attached hydrogen (secondary N) is 1. The number of fused-ring (bicyclic) bond motifs is 1. The summed E-state index contributed by atoms with van der Waals surface area (Å²) in [7, 11) is 0. The third-order valence-corrected chi connectivity index (χ3v) is 5.19. The van der Waals surface area contributed by atoms with E-state index in [0.717, 1.165) is 16.9 Å². The summed E-state index contributed by atoms with van der Waals surface area (Å²) in [6.07, 6.45) is 0.706. The van der Waals surface area contributed by atoms with Gasteiger partial charge in [-0.15, -0.1) is 0 Å². The van der Waals surface area contributed by atoms with E-state index in [2.05, 4.69) is 5.32 Å². The maximum Gasteiger partial charge on any atom is 0.261 e. The van der Waals surface area contributed by atoms with Gasteiger partial charge in [0.15, 0.2) is 6.10 Å². The second-order valence-electron chi connectivity index (χ2n) is 7.59. The molecule has 1 N–H and O–H groups in total. The Balaban J connectivity index is 1.75. The largest absolute Gasteiger partial charge is 0.487 e. The third-order valence-electron chi connectivity index (χ3n) is 4.76. The average Bonchev–Trinajstić information content (AvgIpc) is 2.61. The molecule has 1 amide bonds. The van der Waals surface area contributed by atoms with Gasteiger partial charge in [0.2, 0.25) is 0 Å². The second kappa shape index (κ2) is 7.81. The maximum absolute atomic E-state index is 12.9. The van der Waals surface area contributed by atoms with Crippen LogP contribution in [0.4, 0.5) is 0 Å². The van der Waals surface area contributed by atoms with Crippen LogP contribution in [-0.4, -0.2) is 17.6 Å². The van der Waals surface area contributed by atoms with Crippen molar-refractivity contribution in [2.75, 3.05) is 0 Å². The van der Waals surface area contributed by atoms with E-state index in [4.69, 9.17) is 21.1 Å². The van der Waals surface area contributed by atoms with Gasteiger partial charge in [-0.3, -0.25) is 4.79 Å². The van der Waals surface area contributed by atoms with Gasteiger partial charge < -0.3 is 14.8 Å². The van der Waals surface area contributed by atoms with Crippen LogP contribution in [-0.2, 0) is 4.79 Å². The second-order valence-corrected chi connectivity index (χ2v) is 8.00. The number of ether oxygens (including phenoxy) is 2. The molecule has 1 aliphatic rings. The van der Waals surface area contributed by atoms with E-state index in [1.165, 1.54) is 0 Å². The van der Waals surface area contributed by atoms with Crippen LogP contribution in [0.15, 0.2) is 42.5 Å². The van der Waals surface area contributed by atoms with Crippen molar-refractivity contribution in [3.8, 4) is 11.5 Å². The number of carbonyl (C=O) groups is 1. The van der Waals surface area contributed by atoms with Crippen LogP contribution >= 0.6 is 11.6 Å². The van der Waals surface area contributed by atoms with Crippen LogP contribution in [0.5, 0.6) is 11.5 Å². The summed E-state index contributed by atoms with van der Waals surface area (Å²) in [5, 5.41) is 3.84. The highest BCUT2D eigenvalue weighted by atomic mass is 35.5. The first-order chi connectivity index (χ1) is 12.8. The van der Waals surface area contributed by atoms with Crippen molar-refractivity contribution in [3.63, 3.8) is 0 Å². The Labute approximate surface area is 165 Å². The smallest absolute Gasteiger partial charge is 0.261 e. The first-order valence-electron chi connectivity index (χ1n) is 9.30. The summed E-state index contributed by atoms with van der Waals surface area (Å²) in [6, 6.07) is 13.2. The lowest BCUT2D eigenvalue weighted by molar-refractivity contribution is -0.129. The van der Waals surface area contributed by atoms with Crippen molar-refractivity contribution < 1.29 is 14.3 Å². The molecule has 2 atom stereocenters. The minimum Gasteiger partial charge on any atom is -0.487 e. The van der Waals surface area contributed by atoms with Gasteiger partial charge in [0.1, 0.15) is 17.1 Å². The number of amides is 1. The van der Waals surface area contributed by atoms with Crippen molar-refractivity contribution in [1.29, 1.82) is 0 Å². The number of aryl methyl sites for hydroxylation is 1. The molecule has 1 aliphatic heterocycles. The van der Waals surface area contributed by atoms with Crippen LogP contribution in [0, 0.1) is 6.92 Å². The number of rotatable bonds is 5. The Kier molecular flexibility index (Phi) is 5.66. The summed E-state index contributed by atoms with van der Waals surface area (Å²) < 4.78 is 12.0. The van der Waals surface area contributed by atoms with Crippen molar-refractivity contribution in [2.45, 2.75) is 58.3 Å². The van der Waals surface area contributed by atoms with Gasteiger partial charge in [-0.1, -0.05) is 36.7 Å². The standard InChI is InChI=1S/C22H26ClNO3/c1-5-19(26-15-10-11-17(23)14(2)12-15)21(25)24-18-13-22(3,4)27-20-9-7-6-8-16(18)20/h6-12,18-19H,5,13H2,1-4H3,(H,24,25)/t18-,19-/m0/s1. The molecular formula is C22H26ClNO3. The molecule has 144 valence electrons. The fourth-order valence-corrected chi connectivity index (χ4v) is 3.49.